The molecule has 2 N–H and O–H groups in total. The van der Waals surface area contributed by atoms with Crippen LogP contribution in [-0.2, 0) is 5.54 Å². The van der Waals surface area contributed by atoms with Crippen molar-refractivity contribution in [3.05, 3.63) is 57.6 Å². The van der Waals surface area contributed by atoms with Gasteiger partial charge in [0.05, 0.1) is 5.54 Å². The summed E-state index contributed by atoms with van der Waals surface area (Å²) in [7, 11) is 0. The molecule has 0 atom stereocenters. The Hall–Kier alpha value is -1.02. The summed E-state index contributed by atoms with van der Waals surface area (Å²) >= 11 is 12.1. The number of nitrogens with two attached hydrogens (primary N) is 1. The third-order valence-corrected chi connectivity index (χ3v) is 3.84. The third-order valence-electron chi connectivity index (χ3n) is 3.37. The van der Waals surface area contributed by atoms with Crippen molar-refractivity contribution in [2.24, 2.45) is 5.73 Å². The van der Waals surface area contributed by atoms with Gasteiger partial charge in [-0.25, -0.2) is 0 Å². The van der Waals surface area contributed by atoms with E-state index in [1.807, 2.05) is 43.3 Å². The minimum atomic E-state index is -0.472. The van der Waals surface area contributed by atoms with Crippen LogP contribution in [0.25, 0.3) is 11.1 Å². The van der Waals surface area contributed by atoms with Gasteiger partial charge >= 0.3 is 0 Å². The van der Waals surface area contributed by atoms with Gasteiger partial charge in [-0.1, -0.05) is 35.3 Å². The van der Waals surface area contributed by atoms with E-state index < -0.39 is 5.54 Å². The van der Waals surface area contributed by atoms with Crippen LogP contribution in [0.1, 0.15) is 18.1 Å². The SMILES string of the molecule is CC1(N)c2ccc(Cl)cc2-c2cc(Cl)ccc21. The van der Waals surface area contributed by atoms with Crippen LogP contribution < -0.4 is 5.73 Å². The van der Waals surface area contributed by atoms with Gasteiger partial charge in [0.1, 0.15) is 0 Å². The molecule has 2 aromatic carbocycles. The standard InChI is InChI=1S/C14H11Cl2N/c1-14(17)12-4-2-8(15)6-10(12)11-7-9(16)3-5-13(11)14/h2-7H,17H2,1H3. The molecule has 0 amide bonds. The Morgan fingerprint density at radius 1 is 0.882 bits per heavy atom. The lowest BCUT2D eigenvalue weighted by molar-refractivity contribution is 0.621. The minimum Gasteiger partial charge on any atom is -0.318 e. The van der Waals surface area contributed by atoms with Gasteiger partial charge in [0.15, 0.2) is 0 Å². The second kappa shape index (κ2) is 3.49. The van der Waals surface area contributed by atoms with Gasteiger partial charge in [0, 0.05) is 10.0 Å². The van der Waals surface area contributed by atoms with Gasteiger partial charge in [0.25, 0.3) is 0 Å². The molecule has 86 valence electrons. The monoisotopic (exact) mass is 263 g/mol. The summed E-state index contributed by atoms with van der Waals surface area (Å²) in [6.45, 7) is 2.01. The summed E-state index contributed by atoms with van der Waals surface area (Å²) < 4.78 is 0. The Morgan fingerprint density at radius 2 is 1.29 bits per heavy atom. The number of fused-ring (bicyclic) bond motifs is 3. The summed E-state index contributed by atoms with van der Waals surface area (Å²) in [5.74, 6) is 0. The Kier molecular flexibility index (Phi) is 2.27. The molecule has 0 fully saturated rings. The quantitative estimate of drug-likeness (QED) is 0.758. The van der Waals surface area contributed by atoms with E-state index in [0.29, 0.717) is 10.0 Å². The number of hydrogen-bond donors (Lipinski definition) is 1. The molecular formula is C14H11Cl2N. The van der Waals surface area contributed by atoms with Crippen molar-refractivity contribution in [2.75, 3.05) is 0 Å². The maximum absolute atomic E-state index is 6.42. The first-order chi connectivity index (χ1) is 8.00. The van der Waals surface area contributed by atoms with E-state index in [4.69, 9.17) is 28.9 Å². The van der Waals surface area contributed by atoms with Crippen LogP contribution in [0, 0.1) is 0 Å². The molecule has 0 unspecified atom stereocenters. The van der Waals surface area contributed by atoms with Crippen molar-refractivity contribution in [1.29, 1.82) is 0 Å². The van der Waals surface area contributed by atoms with Gasteiger partial charge in [-0.05, 0) is 53.4 Å². The zero-order valence-electron chi connectivity index (χ0n) is 9.30. The Morgan fingerprint density at radius 3 is 1.71 bits per heavy atom. The van der Waals surface area contributed by atoms with Gasteiger partial charge in [-0.3, -0.25) is 0 Å². The van der Waals surface area contributed by atoms with Crippen LogP contribution in [0.5, 0.6) is 0 Å². The Labute approximate surface area is 110 Å². The van der Waals surface area contributed by atoms with E-state index in [1.165, 1.54) is 0 Å². The van der Waals surface area contributed by atoms with Gasteiger partial charge in [-0.15, -0.1) is 0 Å². The highest BCUT2D eigenvalue weighted by Crippen LogP contribution is 2.47. The van der Waals surface area contributed by atoms with Crippen molar-refractivity contribution in [1.82, 2.24) is 0 Å². The number of rotatable bonds is 0. The second-order valence-electron chi connectivity index (χ2n) is 4.58. The Balaban J connectivity index is 2.39. The molecule has 0 radical (unpaired) electrons. The van der Waals surface area contributed by atoms with E-state index in [2.05, 4.69) is 0 Å². The molecule has 0 bridgehead atoms. The van der Waals surface area contributed by atoms with Gasteiger partial charge < -0.3 is 5.73 Å². The predicted octanol–water partition coefficient (Wildman–Crippen LogP) is 4.20. The molecule has 3 heteroatoms. The fourth-order valence-corrected chi connectivity index (χ4v) is 2.87. The fourth-order valence-electron chi connectivity index (χ4n) is 2.53. The van der Waals surface area contributed by atoms with Gasteiger partial charge in [-0.2, -0.15) is 0 Å². The molecule has 0 aromatic heterocycles. The van der Waals surface area contributed by atoms with E-state index in [0.717, 1.165) is 22.3 Å². The molecule has 0 aliphatic heterocycles. The normalized spacial score (nSPS) is 15.5. The molecule has 0 heterocycles. The van der Waals surface area contributed by atoms with E-state index in [-0.39, 0.29) is 0 Å². The molecule has 0 saturated heterocycles. The van der Waals surface area contributed by atoms with E-state index >= 15 is 0 Å². The highest BCUT2D eigenvalue weighted by molar-refractivity contribution is 6.31. The average Bonchev–Trinajstić information content (AvgIpc) is 2.47. The third kappa shape index (κ3) is 1.50. The number of benzene rings is 2. The lowest BCUT2D eigenvalue weighted by Crippen LogP contribution is -2.31. The zero-order chi connectivity index (χ0) is 12.2. The molecule has 2 aromatic rings. The summed E-state index contributed by atoms with van der Waals surface area (Å²) in [5.41, 5.74) is 10.3. The van der Waals surface area contributed by atoms with Crippen LogP contribution in [0.4, 0.5) is 0 Å². The largest absolute Gasteiger partial charge is 0.318 e. The maximum atomic E-state index is 6.42. The first-order valence-electron chi connectivity index (χ1n) is 5.39. The molecule has 17 heavy (non-hydrogen) atoms. The molecule has 1 nitrogen and oxygen atoms in total. The minimum absolute atomic E-state index is 0.472. The maximum Gasteiger partial charge on any atom is 0.0649 e. The van der Waals surface area contributed by atoms with Crippen LogP contribution in [0.15, 0.2) is 36.4 Å². The summed E-state index contributed by atoms with van der Waals surface area (Å²) in [4.78, 5) is 0. The summed E-state index contributed by atoms with van der Waals surface area (Å²) in [6, 6.07) is 11.6. The topological polar surface area (TPSA) is 26.0 Å². The Bertz CT molecular complexity index is 564. The molecule has 0 spiro atoms. The smallest absolute Gasteiger partial charge is 0.0649 e. The van der Waals surface area contributed by atoms with Crippen LogP contribution in [-0.4, -0.2) is 0 Å². The first kappa shape index (κ1) is 11.1. The van der Waals surface area contributed by atoms with Crippen molar-refractivity contribution in [3.8, 4) is 11.1 Å². The van der Waals surface area contributed by atoms with Crippen molar-refractivity contribution >= 4 is 23.2 Å². The second-order valence-corrected chi connectivity index (χ2v) is 5.46. The average molecular weight is 264 g/mol. The molecule has 1 aliphatic carbocycles. The van der Waals surface area contributed by atoms with Crippen molar-refractivity contribution in [2.45, 2.75) is 12.5 Å². The summed E-state index contributed by atoms with van der Waals surface area (Å²) in [6.07, 6.45) is 0. The van der Waals surface area contributed by atoms with Crippen LogP contribution >= 0.6 is 23.2 Å². The molecule has 1 aliphatic rings. The predicted molar refractivity (Wildman–Crippen MR) is 72.5 cm³/mol. The molecule has 3 rings (SSSR count). The fraction of sp³-hybridized carbons (Fsp3) is 0.143. The zero-order valence-corrected chi connectivity index (χ0v) is 10.8. The molecule has 0 saturated carbocycles. The van der Waals surface area contributed by atoms with Crippen molar-refractivity contribution in [3.63, 3.8) is 0 Å². The van der Waals surface area contributed by atoms with Gasteiger partial charge in [0.2, 0.25) is 0 Å². The van der Waals surface area contributed by atoms with Crippen LogP contribution in [0.2, 0.25) is 10.0 Å². The van der Waals surface area contributed by atoms with Crippen molar-refractivity contribution < 1.29 is 0 Å². The van der Waals surface area contributed by atoms with E-state index in [9.17, 15) is 0 Å². The van der Waals surface area contributed by atoms with Crippen LogP contribution in [0.3, 0.4) is 0 Å². The number of hydrogen-bond acceptors (Lipinski definition) is 1. The van der Waals surface area contributed by atoms with E-state index in [1.54, 1.807) is 0 Å². The molecular weight excluding hydrogens is 253 g/mol. The highest BCUT2D eigenvalue weighted by atomic mass is 35.5. The number of halogens is 2. The lowest BCUT2D eigenvalue weighted by Gasteiger charge is -2.21. The highest BCUT2D eigenvalue weighted by Gasteiger charge is 2.35. The summed E-state index contributed by atoms with van der Waals surface area (Å²) in [5, 5.41) is 1.43. The first-order valence-corrected chi connectivity index (χ1v) is 6.15. The lowest BCUT2D eigenvalue weighted by atomic mass is 9.91.